The van der Waals surface area contributed by atoms with Crippen LogP contribution >= 0.6 is 0 Å². The van der Waals surface area contributed by atoms with E-state index < -0.39 is 0 Å². The molecule has 0 heterocycles. The molecule has 0 saturated carbocycles. The van der Waals surface area contributed by atoms with Gasteiger partial charge in [0.05, 0.1) is 13.7 Å². The van der Waals surface area contributed by atoms with Gasteiger partial charge in [0, 0.05) is 0 Å². The number of hydrogen-bond acceptors (Lipinski definition) is 4. The molecule has 0 spiro atoms. The van der Waals surface area contributed by atoms with Gasteiger partial charge in [-0.2, -0.15) is 0 Å². The topological polar surface area (TPSA) is 70.5 Å². The first kappa shape index (κ1) is 15.8. The van der Waals surface area contributed by atoms with Crippen molar-refractivity contribution in [2.75, 3.05) is 26.8 Å². The van der Waals surface area contributed by atoms with Crippen molar-refractivity contribution in [1.82, 2.24) is 0 Å². The van der Waals surface area contributed by atoms with Crippen molar-refractivity contribution in [3.63, 3.8) is 0 Å². The first-order valence-corrected chi connectivity index (χ1v) is 6.95. The smallest absolute Gasteiger partial charge is 0.161 e. The highest BCUT2D eigenvalue weighted by atomic mass is 16.5. The van der Waals surface area contributed by atoms with Crippen LogP contribution in [0.1, 0.15) is 25.3 Å². The van der Waals surface area contributed by atoms with Gasteiger partial charge in [0.1, 0.15) is 0 Å². The molecule has 1 rings (SSSR count). The van der Waals surface area contributed by atoms with Crippen LogP contribution in [0, 0.1) is 5.92 Å². The second-order valence-corrected chi connectivity index (χ2v) is 4.71. The Morgan fingerprint density at radius 2 is 1.89 bits per heavy atom. The zero-order chi connectivity index (χ0) is 14.1. The van der Waals surface area contributed by atoms with Crippen molar-refractivity contribution < 1.29 is 9.47 Å². The molecular formula is C15H26N2O2. The summed E-state index contributed by atoms with van der Waals surface area (Å²) < 4.78 is 11.0. The number of hydrogen-bond donors (Lipinski definition) is 2. The Hall–Kier alpha value is -1.26. The second-order valence-electron chi connectivity index (χ2n) is 4.71. The summed E-state index contributed by atoms with van der Waals surface area (Å²) >= 11 is 0. The lowest BCUT2D eigenvalue weighted by Gasteiger charge is -2.14. The zero-order valence-electron chi connectivity index (χ0n) is 12.0. The number of methoxy groups -OCH3 is 1. The molecule has 4 nitrogen and oxygen atoms in total. The van der Waals surface area contributed by atoms with E-state index >= 15 is 0 Å². The van der Waals surface area contributed by atoms with Gasteiger partial charge in [-0.25, -0.2) is 0 Å². The van der Waals surface area contributed by atoms with Gasteiger partial charge in [-0.05, 0) is 56.0 Å². The fraction of sp³-hybridized carbons (Fsp3) is 0.600. The minimum atomic E-state index is 0.391. The standard InChI is InChI=1S/C15H26N2O2/c1-3-8-19-14-7-6-12(9-15(14)18-2)4-5-13(10-16)11-17/h6-7,9,13H,3-5,8,10-11,16-17H2,1-2H3. The van der Waals surface area contributed by atoms with Gasteiger partial charge in [-0.3, -0.25) is 0 Å². The van der Waals surface area contributed by atoms with Crippen molar-refractivity contribution >= 4 is 0 Å². The molecule has 4 N–H and O–H groups in total. The molecule has 0 radical (unpaired) electrons. The zero-order valence-corrected chi connectivity index (χ0v) is 12.0. The predicted molar refractivity (Wildman–Crippen MR) is 78.7 cm³/mol. The number of aryl methyl sites for hydroxylation is 1. The molecule has 1 aromatic rings. The van der Waals surface area contributed by atoms with Crippen LogP contribution in [-0.2, 0) is 6.42 Å². The lowest BCUT2D eigenvalue weighted by molar-refractivity contribution is 0.294. The van der Waals surface area contributed by atoms with Crippen molar-refractivity contribution in [2.24, 2.45) is 17.4 Å². The monoisotopic (exact) mass is 266 g/mol. The quantitative estimate of drug-likeness (QED) is 0.716. The SMILES string of the molecule is CCCOc1ccc(CCC(CN)CN)cc1OC. The summed E-state index contributed by atoms with van der Waals surface area (Å²) in [6, 6.07) is 6.09. The Kier molecular flexibility index (Phi) is 7.30. The molecule has 0 aliphatic rings. The molecule has 108 valence electrons. The average Bonchev–Trinajstić information content (AvgIpc) is 2.46. The first-order valence-electron chi connectivity index (χ1n) is 6.95. The maximum absolute atomic E-state index is 5.66. The van der Waals surface area contributed by atoms with Crippen LogP contribution in [0.15, 0.2) is 18.2 Å². The Balaban J connectivity index is 2.65. The summed E-state index contributed by atoms with van der Waals surface area (Å²) in [6.07, 6.45) is 2.95. The molecule has 19 heavy (non-hydrogen) atoms. The second kappa shape index (κ2) is 8.77. The number of ether oxygens (including phenoxy) is 2. The molecular weight excluding hydrogens is 240 g/mol. The van der Waals surface area contributed by atoms with Crippen molar-refractivity contribution in [3.8, 4) is 11.5 Å². The molecule has 1 aromatic carbocycles. The van der Waals surface area contributed by atoms with Crippen LogP contribution < -0.4 is 20.9 Å². The summed E-state index contributed by atoms with van der Waals surface area (Å²) in [4.78, 5) is 0. The molecule has 0 aromatic heterocycles. The largest absolute Gasteiger partial charge is 0.493 e. The van der Waals surface area contributed by atoms with E-state index in [1.165, 1.54) is 5.56 Å². The van der Waals surface area contributed by atoms with Crippen LogP contribution in [0.3, 0.4) is 0 Å². The van der Waals surface area contributed by atoms with Crippen molar-refractivity contribution in [3.05, 3.63) is 23.8 Å². The van der Waals surface area contributed by atoms with Gasteiger partial charge < -0.3 is 20.9 Å². The molecule has 0 atom stereocenters. The van der Waals surface area contributed by atoms with Gasteiger partial charge in [0.15, 0.2) is 11.5 Å². The van der Waals surface area contributed by atoms with E-state index in [1.807, 2.05) is 12.1 Å². The lowest BCUT2D eigenvalue weighted by Crippen LogP contribution is -2.23. The van der Waals surface area contributed by atoms with E-state index in [1.54, 1.807) is 7.11 Å². The Morgan fingerprint density at radius 3 is 2.47 bits per heavy atom. The summed E-state index contributed by atoms with van der Waals surface area (Å²) in [5.74, 6) is 1.99. The van der Waals surface area contributed by atoms with E-state index in [4.69, 9.17) is 20.9 Å². The Labute approximate surface area is 116 Å². The molecule has 0 fully saturated rings. The predicted octanol–water partition coefficient (Wildman–Crippen LogP) is 1.95. The number of rotatable bonds is 9. The average molecular weight is 266 g/mol. The van der Waals surface area contributed by atoms with Gasteiger partial charge in [-0.15, -0.1) is 0 Å². The molecule has 4 heteroatoms. The number of benzene rings is 1. The third-order valence-corrected chi connectivity index (χ3v) is 3.20. The Morgan fingerprint density at radius 1 is 1.16 bits per heavy atom. The maximum Gasteiger partial charge on any atom is 0.161 e. The van der Waals surface area contributed by atoms with Gasteiger partial charge in [0.25, 0.3) is 0 Å². The molecule has 0 unspecified atom stereocenters. The normalized spacial score (nSPS) is 10.8. The summed E-state index contributed by atoms with van der Waals surface area (Å²) in [7, 11) is 1.67. The highest BCUT2D eigenvalue weighted by Crippen LogP contribution is 2.28. The Bertz CT molecular complexity index is 365. The van der Waals surface area contributed by atoms with Crippen molar-refractivity contribution in [2.45, 2.75) is 26.2 Å². The highest BCUT2D eigenvalue weighted by molar-refractivity contribution is 5.43. The highest BCUT2D eigenvalue weighted by Gasteiger charge is 2.08. The summed E-state index contributed by atoms with van der Waals surface area (Å²) in [5, 5.41) is 0. The van der Waals surface area contributed by atoms with Crippen LogP contribution in [0.5, 0.6) is 11.5 Å². The van der Waals surface area contributed by atoms with Crippen LogP contribution in [0.4, 0.5) is 0 Å². The van der Waals surface area contributed by atoms with Gasteiger partial charge in [-0.1, -0.05) is 13.0 Å². The number of nitrogens with two attached hydrogens (primary N) is 2. The summed E-state index contributed by atoms with van der Waals surface area (Å²) in [5.41, 5.74) is 12.5. The van der Waals surface area contributed by atoms with Crippen molar-refractivity contribution in [1.29, 1.82) is 0 Å². The minimum Gasteiger partial charge on any atom is -0.493 e. The molecule has 0 aliphatic carbocycles. The minimum absolute atomic E-state index is 0.391. The third-order valence-electron chi connectivity index (χ3n) is 3.20. The van der Waals surface area contributed by atoms with Gasteiger partial charge >= 0.3 is 0 Å². The lowest BCUT2D eigenvalue weighted by atomic mass is 9.99. The molecule has 0 saturated heterocycles. The molecule has 0 bridgehead atoms. The summed E-state index contributed by atoms with van der Waals surface area (Å²) in [6.45, 7) is 4.08. The van der Waals surface area contributed by atoms with Crippen LogP contribution in [-0.4, -0.2) is 26.8 Å². The van der Waals surface area contributed by atoms with Crippen LogP contribution in [0.25, 0.3) is 0 Å². The fourth-order valence-corrected chi connectivity index (χ4v) is 1.90. The molecule has 0 amide bonds. The first-order chi connectivity index (χ1) is 9.24. The van der Waals surface area contributed by atoms with E-state index in [-0.39, 0.29) is 0 Å². The van der Waals surface area contributed by atoms with Crippen LogP contribution in [0.2, 0.25) is 0 Å². The molecule has 0 aliphatic heterocycles. The third kappa shape index (κ3) is 5.09. The fourth-order valence-electron chi connectivity index (χ4n) is 1.90. The van der Waals surface area contributed by atoms with E-state index in [0.29, 0.717) is 25.6 Å². The van der Waals surface area contributed by atoms with E-state index in [9.17, 15) is 0 Å². The van der Waals surface area contributed by atoms with E-state index in [2.05, 4.69) is 13.0 Å². The maximum atomic E-state index is 5.66. The van der Waals surface area contributed by atoms with E-state index in [0.717, 1.165) is 30.8 Å². The van der Waals surface area contributed by atoms with Gasteiger partial charge in [0.2, 0.25) is 0 Å².